The molecule has 10 nitrogen and oxygen atoms in total. The highest BCUT2D eigenvalue weighted by atomic mass is 19.4. The number of benzene rings is 2. The molecule has 20 heteroatoms. The van der Waals surface area contributed by atoms with Crippen LogP contribution in [0.4, 0.5) is 43.9 Å². The van der Waals surface area contributed by atoms with Crippen LogP contribution in [0.1, 0.15) is 50.2 Å². The number of rotatable bonds is 9. The molecule has 0 saturated carbocycles. The molecule has 0 saturated heterocycles. The van der Waals surface area contributed by atoms with E-state index < -0.39 is 81.3 Å². The fourth-order valence-corrected chi connectivity index (χ4v) is 6.28. The number of alkyl halides is 8. The Labute approximate surface area is 341 Å². The van der Waals surface area contributed by atoms with Gasteiger partial charge >= 0.3 is 30.2 Å². The number of hydrogen-bond acceptors (Lipinski definition) is 10. The van der Waals surface area contributed by atoms with Crippen molar-refractivity contribution in [3.8, 4) is 0 Å². The maximum atomic E-state index is 14.7. The Morgan fingerprint density at radius 3 is 1.30 bits per heavy atom. The quantitative estimate of drug-likeness (QED) is 0.127. The normalized spacial score (nSPS) is 19.4. The Bertz CT molecular complexity index is 2370. The van der Waals surface area contributed by atoms with Crippen molar-refractivity contribution in [2.75, 3.05) is 13.2 Å². The van der Waals surface area contributed by atoms with E-state index in [4.69, 9.17) is 9.47 Å². The van der Waals surface area contributed by atoms with E-state index in [0.717, 1.165) is 36.4 Å². The summed E-state index contributed by atoms with van der Waals surface area (Å²) in [4.78, 5) is 41.9. The molecule has 322 valence electrons. The highest BCUT2D eigenvalue weighted by Gasteiger charge is 2.64. The first kappa shape index (κ1) is 45.5. The van der Waals surface area contributed by atoms with Gasteiger partial charge in [-0.3, -0.25) is 9.97 Å². The lowest BCUT2D eigenvalue weighted by atomic mass is 9.81. The van der Waals surface area contributed by atoms with Gasteiger partial charge in [0.15, 0.2) is 11.7 Å². The van der Waals surface area contributed by atoms with Gasteiger partial charge in [0.25, 0.3) is 0 Å². The van der Waals surface area contributed by atoms with E-state index in [1.165, 1.54) is 76.5 Å². The summed E-state index contributed by atoms with van der Waals surface area (Å²) in [5.74, 6) is -9.90. The van der Waals surface area contributed by atoms with Gasteiger partial charge in [0, 0.05) is 12.4 Å². The molecule has 0 spiro atoms. The smallest absolute Gasteiger partial charge is 0.459 e. The number of amidine groups is 2. The average Bonchev–Trinajstić information content (AvgIpc) is 3.21. The van der Waals surface area contributed by atoms with Crippen LogP contribution < -0.4 is 10.6 Å². The third kappa shape index (κ3) is 9.42. The van der Waals surface area contributed by atoms with Crippen LogP contribution in [0, 0.1) is 11.6 Å². The van der Waals surface area contributed by atoms with Gasteiger partial charge in [0.05, 0.1) is 24.4 Å². The van der Waals surface area contributed by atoms with Crippen molar-refractivity contribution in [3.63, 3.8) is 0 Å². The van der Waals surface area contributed by atoms with Crippen molar-refractivity contribution in [1.82, 2.24) is 20.6 Å². The number of esters is 2. The molecule has 0 bridgehead atoms. The number of aromatic nitrogens is 2. The standard InChI is InChI=1S/C21H17F6N3O2.C20H17F4N3O2/c1-3-32-18(31)15-16(20(23,24)21(25,26)27)29-17(14-6-4-5-11-28-14)30-19(15,2)12-7-9-13(22)10-8-12;1-3-29-18(28)15-16(20(22,23)24)26-17(14-6-4-5-11-25-14)27-19(15,2)12-7-9-13(21)10-8-12/h4-11H,3H2,1-2H3,(H,29,30);4-11H,3H2,1-2H3,(H,26,27). The lowest BCUT2D eigenvalue weighted by molar-refractivity contribution is -0.266. The van der Waals surface area contributed by atoms with Crippen molar-refractivity contribution in [2.24, 2.45) is 9.98 Å². The largest absolute Gasteiger partial charge is 0.463 e. The lowest BCUT2D eigenvalue weighted by Gasteiger charge is -2.37. The van der Waals surface area contributed by atoms with Gasteiger partial charge in [-0.1, -0.05) is 36.4 Å². The van der Waals surface area contributed by atoms with Crippen molar-refractivity contribution >= 4 is 23.6 Å². The Balaban J connectivity index is 0.000000232. The molecule has 0 aliphatic carbocycles. The van der Waals surface area contributed by atoms with Gasteiger partial charge in [-0.25, -0.2) is 28.4 Å². The summed E-state index contributed by atoms with van der Waals surface area (Å²) >= 11 is 0. The predicted octanol–water partition coefficient (Wildman–Crippen LogP) is 8.37. The third-order valence-electron chi connectivity index (χ3n) is 9.17. The molecule has 6 rings (SSSR count). The maximum absolute atomic E-state index is 14.7. The zero-order chi connectivity index (χ0) is 45.0. The van der Waals surface area contributed by atoms with Crippen molar-refractivity contribution < 1.29 is 63.0 Å². The van der Waals surface area contributed by atoms with Gasteiger partial charge in [0.1, 0.15) is 45.5 Å². The number of carbonyl (C=O) groups excluding carboxylic acids is 2. The van der Waals surface area contributed by atoms with Crippen LogP contribution in [0.5, 0.6) is 0 Å². The molecular weight excluding hydrogens is 830 g/mol. The van der Waals surface area contributed by atoms with E-state index in [9.17, 15) is 53.5 Å². The van der Waals surface area contributed by atoms with Gasteiger partial charge in [0.2, 0.25) is 0 Å². The summed E-state index contributed by atoms with van der Waals surface area (Å²) in [6, 6.07) is 18.0. The van der Waals surface area contributed by atoms with E-state index in [1.807, 2.05) is 5.32 Å². The van der Waals surface area contributed by atoms with Crippen LogP contribution in [0.2, 0.25) is 0 Å². The Morgan fingerprint density at radius 2 is 0.967 bits per heavy atom. The number of nitrogens with one attached hydrogen (secondary N) is 2. The van der Waals surface area contributed by atoms with Crippen LogP contribution >= 0.6 is 0 Å². The minimum atomic E-state index is -6.04. The number of ether oxygens (including phenoxy) is 2. The number of halogens is 10. The fourth-order valence-electron chi connectivity index (χ4n) is 6.28. The maximum Gasteiger partial charge on any atom is 0.459 e. The number of nitrogens with zero attached hydrogens (tertiary/aromatic N) is 4. The van der Waals surface area contributed by atoms with Gasteiger partial charge < -0.3 is 20.1 Å². The van der Waals surface area contributed by atoms with Gasteiger partial charge in [-0.05, 0) is 87.4 Å². The van der Waals surface area contributed by atoms with Crippen molar-refractivity contribution in [1.29, 1.82) is 0 Å². The first-order chi connectivity index (χ1) is 28.6. The number of aliphatic imine (C=N–C) groups is 2. The van der Waals surface area contributed by atoms with Gasteiger partial charge in [-0.15, -0.1) is 0 Å². The van der Waals surface area contributed by atoms with Crippen LogP contribution in [-0.2, 0) is 30.1 Å². The highest BCUT2D eigenvalue weighted by molar-refractivity contribution is 6.04. The molecule has 2 aromatic heterocycles. The highest BCUT2D eigenvalue weighted by Crippen LogP contribution is 2.48. The van der Waals surface area contributed by atoms with E-state index in [1.54, 1.807) is 12.1 Å². The molecule has 0 fully saturated rings. The first-order valence-corrected chi connectivity index (χ1v) is 18.0. The molecule has 2 aliphatic rings. The number of allylic oxidation sites excluding steroid dienone is 2. The zero-order valence-corrected chi connectivity index (χ0v) is 32.4. The Kier molecular flexibility index (Phi) is 13.1. The zero-order valence-electron chi connectivity index (χ0n) is 32.4. The van der Waals surface area contributed by atoms with Crippen LogP contribution in [-0.4, -0.2) is 65.1 Å². The summed E-state index contributed by atoms with van der Waals surface area (Å²) in [6.45, 7) is 4.96. The first-order valence-electron chi connectivity index (χ1n) is 18.0. The fraction of sp³-hybridized carbons (Fsp3) is 0.268. The second-order valence-corrected chi connectivity index (χ2v) is 13.3. The Morgan fingerprint density at radius 1 is 0.590 bits per heavy atom. The number of hydrogen-bond donors (Lipinski definition) is 2. The topological polar surface area (TPSA) is 127 Å². The van der Waals surface area contributed by atoms with Crippen LogP contribution in [0.3, 0.4) is 0 Å². The SMILES string of the molecule is CCOC(=O)C1=C(C(F)(F)C(F)(F)F)NC(c2ccccn2)=NC1(C)c1ccc(F)cc1.CCOC(=O)C1=C(C(F)(F)F)NC(c2ccccn2)=NC1(C)c1ccc(F)cc1. The summed E-state index contributed by atoms with van der Waals surface area (Å²) in [6.07, 6.45) is -8.24. The lowest BCUT2D eigenvalue weighted by Crippen LogP contribution is -2.51. The summed E-state index contributed by atoms with van der Waals surface area (Å²) in [5.41, 5.74) is -8.35. The average molecular weight is 865 g/mol. The molecule has 2 unspecified atom stereocenters. The van der Waals surface area contributed by atoms with E-state index in [-0.39, 0.29) is 41.6 Å². The molecule has 4 aromatic rings. The molecule has 2 atom stereocenters. The molecule has 4 heterocycles. The van der Waals surface area contributed by atoms with E-state index in [0.29, 0.717) is 0 Å². The Hall–Kier alpha value is -6.60. The monoisotopic (exact) mass is 864 g/mol. The second kappa shape index (κ2) is 17.6. The third-order valence-corrected chi connectivity index (χ3v) is 9.17. The summed E-state index contributed by atoms with van der Waals surface area (Å²) in [5, 5.41) is 4.17. The second-order valence-electron chi connectivity index (χ2n) is 13.3. The molecular formula is C41H34F10N6O4. The summed E-state index contributed by atoms with van der Waals surface area (Å²) < 4.78 is 148. The molecule has 2 aliphatic heterocycles. The molecule has 0 radical (unpaired) electrons. The van der Waals surface area contributed by atoms with Crippen LogP contribution in [0.15, 0.2) is 130 Å². The van der Waals surface area contributed by atoms with Crippen molar-refractivity contribution in [2.45, 2.75) is 57.0 Å². The molecule has 2 N–H and O–H groups in total. The minimum absolute atomic E-state index is 0.00708. The summed E-state index contributed by atoms with van der Waals surface area (Å²) in [7, 11) is 0. The van der Waals surface area contributed by atoms with Crippen LogP contribution in [0.25, 0.3) is 0 Å². The van der Waals surface area contributed by atoms with Gasteiger partial charge in [-0.2, -0.15) is 35.1 Å². The molecule has 0 amide bonds. The molecule has 61 heavy (non-hydrogen) atoms. The minimum Gasteiger partial charge on any atom is -0.463 e. The van der Waals surface area contributed by atoms with E-state index in [2.05, 4.69) is 25.3 Å². The number of pyridine rings is 2. The van der Waals surface area contributed by atoms with Crippen molar-refractivity contribution in [3.05, 3.63) is 154 Å². The van der Waals surface area contributed by atoms with E-state index >= 15 is 0 Å². The molecule has 2 aromatic carbocycles. The predicted molar refractivity (Wildman–Crippen MR) is 200 cm³/mol. The number of carbonyl (C=O) groups is 2.